The second-order valence-electron chi connectivity index (χ2n) is 4.17. The van der Waals surface area contributed by atoms with Gasteiger partial charge in [-0.25, -0.2) is 4.63 Å². The van der Waals surface area contributed by atoms with Crippen LogP contribution in [-0.4, -0.2) is 10.3 Å². The number of benzene rings is 1. The van der Waals surface area contributed by atoms with E-state index in [4.69, 9.17) is 10.5 Å². The van der Waals surface area contributed by atoms with Gasteiger partial charge in [0.25, 0.3) is 0 Å². The smallest absolute Gasteiger partial charge is 0.145 e. The Labute approximate surface area is 106 Å². The van der Waals surface area contributed by atoms with Crippen LogP contribution in [0.5, 0.6) is 5.75 Å². The molecule has 2 N–H and O–H groups in total. The molecule has 0 aliphatic rings. The van der Waals surface area contributed by atoms with Crippen LogP contribution in [0.3, 0.4) is 0 Å². The first-order valence-electron chi connectivity index (χ1n) is 5.97. The van der Waals surface area contributed by atoms with E-state index < -0.39 is 0 Å². The molecule has 0 bridgehead atoms. The summed E-state index contributed by atoms with van der Waals surface area (Å²) in [6.45, 7) is 4.25. The van der Waals surface area contributed by atoms with Crippen LogP contribution in [0.1, 0.15) is 36.3 Å². The monoisotopic (exact) mass is 247 g/mol. The minimum Gasteiger partial charge on any atom is -0.487 e. The van der Waals surface area contributed by atoms with E-state index in [2.05, 4.69) is 21.9 Å². The van der Waals surface area contributed by atoms with E-state index in [0.29, 0.717) is 12.3 Å². The van der Waals surface area contributed by atoms with Gasteiger partial charge in [-0.3, -0.25) is 0 Å². The van der Waals surface area contributed by atoms with Gasteiger partial charge in [-0.05, 0) is 31.0 Å². The fraction of sp³-hybridized carbons (Fsp3) is 0.385. The Morgan fingerprint density at radius 3 is 2.56 bits per heavy atom. The van der Waals surface area contributed by atoms with E-state index in [-0.39, 0.29) is 6.04 Å². The average Bonchev–Trinajstić information content (AvgIpc) is 2.81. The highest BCUT2D eigenvalue weighted by Gasteiger charge is 2.06. The molecule has 2 aromatic rings. The van der Waals surface area contributed by atoms with Gasteiger partial charge in [0.2, 0.25) is 0 Å². The van der Waals surface area contributed by atoms with Crippen LogP contribution in [0, 0.1) is 6.92 Å². The highest BCUT2D eigenvalue weighted by Crippen LogP contribution is 2.19. The number of nitrogens with two attached hydrogens (primary N) is 1. The quantitative estimate of drug-likeness (QED) is 0.877. The predicted octanol–water partition coefficient (Wildman–Crippen LogP) is 2.37. The lowest BCUT2D eigenvalue weighted by atomic mass is 10.1. The van der Waals surface area contributed by atoms with Crippen molar-refractivity contribution in [3.63, 3.8) is 0 Å². The molecule has 5 nitrogen and oxygen atoms in total. The number of aromatic nitrogens is 2. The van der Waals surface area contributed by atoms with Gasteiger partial charge < -0.3 is 10.5 Å². The summed E-state index contributed by atoms with van der Waals surface area (Å²) in [4.78, 5) is 0. The third kappa shape index (κ3) is 2.87. The largest absolute Gasteiger partial charge is 0.487 e. The fourth-order valence-corrected chi connectivity index (χ4v) is 1.58. The Morgan fingerprint density at radius 1 is 1.28 bits per heavy atom. The minimum absolute atomic E-state index is 0.0843. The standard InChI is InChI=1S/C13H17N3O2/c1-3-12(14)10-4-6-11(7-5-10)17-8-13-9(2)15-18-16-13/h4-7,12H,3,8,14H2,1-2H3/t12-/m0/s1. The van der Waals surface area contributed by atoms with Crippen molar-refractivity contribution in [2.75, 3.05) is 0 Å². The van der Waals surface area contributed by atoms with Gasteiger partial charge in [-0.15, -0.1) is 0 Å². The summed E-state index contributed by atoms with van der Waals surface area (Å²) in [6, 6.07) is 7.87. The molecular formula is C13H17N3O2. The zero-order valence-corrected chi connectivity index (χ0v) is 10.6. The fourth-order valence-electron chi connectivity index (χ4n) is 1.58. The number of hydrogen-bond donors (Lipinski definition) is 1. The lowest BCUT2D eigenvalue weighted by molar-refractivity contribution is 0.270. The molecule has 0 amide bonds. The maximum atomic E-state index is 5.94. The summed E-state index contributed by atoms with van der Waals surface area (Å²) in [5.41, 5.74) is 8.52. The van der Waals surface area contributed by atoms with Gasteiger partial charge in [-0.1, -0.05) is 29.4 Å². The molecule has 0 spiro atoms. The maximum absolute atomic E-state index is 5.94. The van der Waals surface area contributed by atoms with Gasteiger partial charge >= 0.3 is 0 Å². The van der Waals surface area contributed by atoms with E-state index in [1.807, 2.05) is 31.2 Å². The zero-order chi connectivity index (χ0) is 13.0. The molecular weight excluding hydrogens is 230 g/mol. The van der Waals surface area contributed by atoms with Crippen molar-refractivity contribution < 1.29 is 9.37 Å². The van der Waals surface area contributed by atoms with Gasteiger partial charge in [0.1, 0.15) is 23.7 Å². The third-order valence-corrected chi connectivity index (χ3v) is 2.87. The van der Waals surface area contributed by atoms with Crippen LogP contribution < -0.4 is 10.5 Å². The molecule has 0 fully saturated rings. The van der Waals surface area contributed by atoms with E-state index in [1.54, 1.807) is 0 Å². The molecule has 18 heavy (non-hydrogen) atoms. The van der Waals surface area contributed by atoms with Crippen molar-refractivity contribution in [1.29, 1.82) is 0 Å². The van der Waals surface area contributed by atoms with Crippen LogP contribution in [0.15, 0.2) is 28.9 Å². The number of hydrogen-bond acceptors (Lipinski definition) is 5. The van der Waals surface area contributed by atoms with Crippen molar-refractivity contribution in [1.82, 2.24) is 10.3 Å². The summed E-state index contributed by atoms with van der Waals surface area (Å²) in [6.07, 6.45) is 0.921. The van der Waals surface area contributed by atoms with Crippen molar-refractivity contribution >= 4 is 0 Å². The Balaban J connectivity index is 1.96. The molecule has 1 aromatic carbocycles. The number of aryl methyl sites for hydroxylation is 1. The highest BCUT2D eigenvalue weighted by molar-refractivity contribution is 5.29. The van der Waals surface area contributed by atoms with Gasteiger partial charge in [-0.2, -0.15) is 0 Å². The summed E-state index contributed by atoms with van der Waals surface area (Å²) in [7, 11) is 0. The number of ether oxygens (including phenoxy) is 1. The summed E-state index contributed by atoms with van der Waals surface area (Å²) in [5, 5.41) is 7.45. The lowest BCUT2D eigenvalue weighted by Gasteiger charge is -2.10. The SMILES string of the molecule is CC[C@H](N)c1ccc(OCc2nonc2C)cc1. The Kier molecular flexibility index (Phi) is 3.94. The molecule has 0 saturated heterocycles. The average molecular weight is 247 g/mol. The Morgan fingerprint density at radius 2 is 2.00 bits per heavy atom. The van der Waals surface area contributed by atoms with Gasteiger partial charge in [0, 0.05) is 6.04 Å². The van der Waals surface area contributed by atoms with Crippen molar-refractivity contribution in [3.05, 3.63) is 41.2 Å². The zero-order valence-electron chi connectivity index (χ0n) is 10.6. The number of rotatable bonds is 5. The van der Waals surface area contributed by atoms with Crippen LogP contribution in [0.25, 0.3) is 0 Å². The molecule has 0 aliphatic heterocycles. The summed E-state index contributed by atoms with van der Waals surface area (Å²) >= 11 is 0. The van der Waals surface area contributed by atoms with Crippen LogP contribution >= 0.6 is 0 Å². The van der Waals surface area contributed by atoms with E-state index >= 15 is 0 Å². The molecule has 0 radical (unpaired) electrons. The van der Waals surface area contributed by atoms with Crippen molar-refractivity contribution in [3.8, 4) is 5.75 Å². The normalized spacial score (nSPS) is 12.4. The molecule has 96 valence electrons. The van der Waals surface area contributed by atoms with E-state index in [1.165, 1.54) is 0 Å². The van der Waals surface area contributed by atoms with Crippen LogP contribution in [-0.2, 0) is 6.61 Å². The molecule has 1 heterocycles. The Bertz CT molecular complexity index is 493. The topological polar surface area (TPSA) is 74.2 Å². The maximum Gasteiger partial charge on any atom is 0.145 e. The molecule has 5 heteroatoms. The highest BCUT2D eigenvalue weighted by atomic mass is 16.6. The first-order valence-corrected chi connectivity index (χ1v) is 5.97. The second kappa shape index (κ2) is 5.64. The summed E-state index contributed by atoms with van der Waals surface area (Å²) < 4.78 is 10.2. The van der Waals surface area contributed by atoms with Crippen LogP contribution in [0.4, 0.5) is 0 Å². The number of nitrogens with zero attached hydrogens (tertiary/aromatic N) is 2. The molecule has 1 atom stereocenters. The first kappa shape index (κ1) is 12.6. The van der Waals surface area contributed by atoms with Crippen molar-refractivity contribution in [2.24, 2.45) is 5.73 Å². The lowest BCUT2D eigenvalue weighted by Crippen LogP contribution is -2.08. The minimum atomic E-state index is 0.0843. The summed E-state index contributed by atoms with van der Waals surface area (Å²) in [5.74, 6) is 0.782. The molecule has 0 aliphatic carbocycles. The van der Waals surface area contributed by atoms with Gasteiger partial charge in [0.15, 0.2) is 0 Å². The molecule has 0 unspecified atom stereocenters. The van der Waals surface area contributed by atoms with Crippen molar-refractivity contribution in [2.45, 2.75) is 32.9 Å². The molecule has 0 saturated carbocycles. The second-order valence-corrected chi connectivity index (χ2v) is 4.17. The van der Waals surface area contributed by atoms with E-state index in [9.17, 15) is 0 Å². The Hall–Kier alpha value is -1.88. The third-order valence-electron chi connectivity index (χ3n) is 2.87. The van der Waals surface area contributed by atoms with Crippen LogP contribution in [0.2, 0.25) is 0 Å². The first-order chi connectivity index (χ1) is 8.70. The molecule has 1 aromatic heterocycles. The predicted molar refractivity (Wildman–Crippen MR) is 67.0 cm³/mol. The molecule has 2 rings (SSSR count). The van der Waals surface area contributed by atoms with E-state index in [0.717, 1.165) is 23.4 Å². The van der Waals surface area contributed by atoms with Gasteiger partial charge in [0.05, 0.1) is 0 Å².